The van der Waals surface area contributed by atoms with Crippen molar-refractivity contribution in [2.75, 3.05) is 46.4 Å². The monoisotopic (exact) mass is 493 g/mol. The molecule has 1 heterocycles. The topological polar surface area (TPSA) is 54.0 Å². The number of hydrogen-bond donors (Lipinski definition) is 1. The molecule has 2 fully saturated rings. The average molecular weight is 494 g/mol. The first kappa shape index (κ1) is 26.5. The highest BCUT2D eigenvalue weighted by atomic mass is 16.5. The molecular formula is C30H43N3O3. The largest absolute Gasteiger partial charge is 0.496 e. The van der Waals surface area contributed by atoms with E-state index in [0.717, 1.165) is 61.3 Å². The zero-order valence-electron chi connectivity index (χ0n) is 22.1. The van der Waals surface area contributed by atoms with E-state index in [-0.39, 0.29) is 11.9 Å². The van der Waals surface area contributed by atoms with Crippen molar-refractivity contribution in [1.29, 1.82) is 0 Å². The summed E-state index contributed by atoms with van der Waals surface area (Å²) in [7, 11) is 1.73. The summed E-state index contributed by atoms with van der Waals surface area (Å²) >= 11 is 0. The van der Waals surface area contributed by atoms with Crippen LogP contribution in [0.2, 0.25) is 0 Å². The average Bonchev–Trinajstić information content (AvgIpc) is 2.93. The predicted molar refractivity (Wildman–Crippen MR) is 145 cm³/mol. The van der Waals surface area contributed by atoms with E-state index < -0.39 is 0 Å². The van der Waals surface area contributed by atoms with Crippen molar-refractivity contribution in [3.05, 3.63) is 59.7 Å². The summed E-state index contributed by atoms with van der Waals surface area (Å²) < 4.78 is 11.5. The van der Waals surface area contributed by atoms with Crippen molar-refractivity contribution in [1.82, 2.24) is 15.1 Å². The highest BCUT2D eigenvalue weighted by molar-refractivity contribution is 5.78. The quantitative estimate of drug-likeness (QED) is 0.486. The number of ether oxygens (including phenoxy) is 2. The standard InChI is InChI=1S/C30H43N3O3/c1-3-20-36-26-13-9-10-24(21-26)22-30(34)31-23-28(27-14-7-8-15-29(27)35-2)33-18-16-32(17-19-33)25-11-5-4-6-12-25/h7-10,13-15,21,25,28H,3-6,11-12,16-20,22-23H2,1-2H3,(H,31,34). The maximum absolute atomic E-state index is 13.0. The first-order chi connectivity index (χ1) is 17.7. The molecule has 1 N–H and O–H groups in total. The Hall–Kier alpha value is -2.57. The second-order valence-electron chi connectivity index (χ2n) is 10.1. The van der Waals surface area contributed by atoms with Gasteiger partial charge in [-0.25, -0.2) is 0 Å². The number of nitrogens with one attached hydrogen (secondary N) is 1. The van der Waals surface area contributed by atoms with Crippen molar-refractivity contribution in [2.45, 2.75) is 64.0 Å². The van der Waals surface area contributed by atoms with Crippen LogP contribution in [-0.2, 0) is 11.2 Å². The molecule has 36 heavy (non-hydrogen) atoms. The van der Waals surface area contributed by atoms with Gasteiger partial charge < -0.3 is 14.8 Å². The number of hydrogen-bond acceptors (Lipinski definition) is 5. The number of piperazine rings is 1. The predicted octanol–water partition coefficient (Wildman–Crippen LogP) is 4.83. The van der Waals surface area contributed by atoms with Gasteiger partial charge >= 0.3 is 0 Å². The molecule has 0 radical (unpaired) electrons. The Morgan fingerprint density at radius 3 is 2.56 bits per heavy atom. The molecule has 6 heteroatoms. The fourth-order valence-corrected chi connectivity index (χ4v) is 5.66. The molecule has 0 aromatic heterocycles. The van der Waals surface area contributed by atoms with Gasteiger partial charge in [0.15, 0.2) is 0 Å². The number of amides is 1. The van der Waals surface area contributed by atoms with Gasteiger partial charge in [-0.1, -0.05) is 56.5 Å². The summed E-state index contributed by atoms with van der Waals surface area (Å²) in [5.41, 5.74) is 2.11. The van der Waals surface area contributed by atoms with E-state index in [1.54, 1.807) is 7.11 Å². The number of rotatable bonds is 11. The third-order valence-electron chi connectivity index (χ3n) is 7.61. The van der Waals surface area contributed by atoms with E-state index >= 15 is 0 Å². The van der Waals surface area contributed by atoms with Gasteiger partial charge in [-0.3, -0.25) is 14.6 Å². The summed E-state index contributed by atoms with van der Waals surface area (Å²) in [5.74, 6) is 1.74. The third kappa shape index (κ3) is 7.23. The first-order valence-corrected chi connectivity index (χ1v) is 13.8. The maximum atomic E-state index is 13.0. The van der Waals surface area contributed by atoms with Crippen molar-refractivity contribution in [3.8, 4) is 11.5 Å². The van der Waals surface area contributed by atoms with Gasteiger partial charge in [0, 0.05) is 44.3 Å². The Labute approximate surface area is 217 Å². The lowest BCUT2D eigenvalue weighted by molar-refractivity contribution is -0.120. The zero-order valence-corrected chi connectivity index (χ0v) is 22.1. The Bertz CT molecular complexity index is 952. The Morgan fingerprint density at radius 1 is 1.03 bits per heavy atom. The smallest absolute Gasteiger partial charge is 0.224 e. The molecule has 196 valence electrons. The summed E-state index contributed by atoms with van der Waals surface area (Å²) in [4.78, 5) is 18.2. The molecule has 0 bridgehead atoms. The number of nitrogens with zero attached hydrogens (tertiary/aromatic N) is 2. The van der Waals surface area contributed by atoms with Gasteiger partial charge in [-0.05, 0) is 43.0 Å². The number of benzene rings is 2. The first-order valence-electron chi connectivity index (χ1n) is 13.8. The highest BCUT2D eigenvalue weighted by Crippen LogP contribution is 2.31. The fraction of sp³-hybridized carbons (Fsp3) is 0.567. The van der Waals surface area contributed by atoms with Crippen LogP contribution in [0.15, 0.2) is 48.5 Å². The van der Waals surface area contributed by atoms with Gasteiger partial charge in [0.2, 0.25) is 5.91 Å². The lowest BCUT2D eigenvalue weighted by Crippen LogP contribution is -2.53. The molecule has 2 aliphatic rings. The minimum Gasteiger partial charge on any atom is -0.496 e. The molecule has 1 aliphatic heterocycles. The van der Waals surface area contributed by atoms with Crippen LogP contribution in [-0.4, -0.2) is 68.2 Å². The zero-order chi connectivity index (χ0) is 25.2. The third-order valence-corrected chi connectivity index (χ3v) is 7.61. The summed E-state index contributed by atoms with van der Waals surface area (Å²) in [6.07, 6.45) is 8.12. The summed E-state index contributed by atoms with van der Waals surface area (Å²) in [6.45, 7) is 7.53. The second kappa shape index (κ2) is 13.7. The van der Waals surface area contributed by atoms with Crippen LogP contribution >= 0.6 is 0 Å². The molecule has 1 atom stereocenters. The molecular weight excluding hydrogens is 450 g/mol. The summed E-state index contributed by atoms with van der Waals surface area (Å²) in [6, 6.07) is 16.9. The molecule has 1 amide bonds. The van der Waals surface area contributed by atoms with Crippen molar-refractivity contribution in [3.63, 3.8) is 0 Å². The molecule has 1 saturated heterocycles. The molecule has 2 aromatic carbocycles. The number of carbonyl (C=O) groups is 1. The minimum absolute atomic E-state index is 0.0309. The van der Waals surface area contributed by atoms with Crippen molar-refractivity contribution in [2.24, 2.45) is 0 Å². The molecule has 1 aliphatic carbocycles. The van der Waals surface area contributed by atoms with Crippen LogP contribution in [0.25, 0.3) is 0 Å². The van der Waals surface area contributed by atoms with Gasteiger partial charge in [0.25, 0.3) is 0 Å². The Kier molecular flexibility index (Phi) is 10.1. The van der Waals surface area contributed by atoms with Gasteiger partial charge in [-0.2, -0.15) is 0 Å². The molecule has 1 saturated carbocycles. The molecule has 4 rings (SSSR count). The maximum Gasteiger partial charge on any atom is 0.224 e. The molecule has 2 aromatic rings. The van der Waals surface area contributed by atoms with E-state index in [9.17, 15) is 4.79 Å². The van der Waals surface area contributed by atoms with Crippen LogP contribution in [0, 0.1) is 0 Å². The van der Waals surface area contributed by atoms with E-state index in [4.69, 9.17) is 9.47 Å². The van der Waals surface area contributed by atoms with Crippen LogP contribution in [0.4, 0.5) is 0 Å². The van der Waals surface area contributed by atoms with Crippen molar-refractivity contribution < 1.29 is 14.3 Å². The Balaban J connectivity index is 1.39. The highest BCUT2D eigenvalue weighted by Gasteiger charge is 2.30. The lowest BCUT2D eigenvalue weighted by Gasteiger charge is -2.43. The number of carbonyl (C=O) groups excluding carboxylic acids is 1. The number of methoxy groups -OCH3 is 1. The fourth-order valence-electron chi connectivity index (χ4n) is 5.66. The molecule has 1 unspecified atom stereocenters. The van der Waals surface area contributed by atoms with Gasteiger partial charge in [-0.15, -0.1) is 0 Å². The van der Waals surface area contributed by atoms with Crippen LogP contribution in [0.3, 0.4) is 0 Å². The lowest BCUT2D eigenvalue weighted by atomic mass is 9.93. The van der Waals surface area contributed by atoms with E-state index in [0.29, 0.717) is 19.6 Å². The normalized spacial score (nSPS) is 18.5. The van der Waals surface area contributed by atoms with Crippen LogP contribution in [0.5, 0.6) is 11.5 Å². The van der Waals surface area contributed by atoms with Crippen molar-refractivity contribution >= 4 is 5.91 Å². The van der Waals surface area contributed by atoms with Gasteiger partial charge in [0.05, 0.1) is 26.2 Å². The Morgan fingerprint density at radius 2 is 1.81 bits per heavy atom. The molecule has 0 spiro atoms. The van der Waals surface area contributed by atoms with Gasteiger partial charge in [0.1, 0.15) is 11.5 Å². The number of para-hydroxylation sites is 1. The van der Waals surface area contributed by atoms with Crippen LogP contribution in [0.1, 0.15) is 62.6 Å². The molecule has 6 nitrogen and oxygen atoms in total. The minimum atomic E-state index is 0.0309. The van der Waals surface area contributed by atoms with Crippen LogP contribution < -0.4 is 14.8 Å². The summed E-state index contributed by atoms with van der Waals surface area (Å²) in [5, 5.41) is 3.22. The van der Waals surface area contributed by atoms with E-state index in [1.165, 1.54) is 32.1 Å². The van der Waals surface area contributed by atoms with E-state index in [2.05, 4.69) is 34.2 Å². The van der Waals surface area contributed by atoms with E-state index in [1.807, 2.05) is 36.4 Å². The second-order valence-corrected chi connectivity index (χ2v) is 10.1. The SMILES string of the molecule is CCCOc1cccc(CC(=O)NCC(c2ccccc2OC)N2CCN(C3CCCCC3)CC2)c1.